The summed E-state index contributed by atoms with van der Waals surface area (Å²) in [4.78, 5) is 11.1. The number of carbonyl (C=O) groups is 1. The van der Waals surface area contributed by atoms with Crippen LogP contribution in [0.2, 0.25) is 0 Å². The maximum Gasteiger partial charge on any atom is 0.318 e. The van der Waals surface area contributed by atoms with Gasteiger partial charge < -0.3 is 5.11 Å². The molecule has 0 aliphatic rings. The Morgan fingerprint density at radius 3 is 2.40 bits per heavy atom. The predicted molar refractivity (Wildman–Crippen MR) is 77.2 cm³/mol. The Kier molecular flexibility index (Phi) is 5.30. The molecule has 0 aromatic heterocycles. The van der Waals surface area contributed by atoms with Crippen LogP contribution in [0.1, 0.15) is 31.4 Å². The normalized spacial score (nSPS) is 13.4. The fourth-order valence-electron chi connectivity index (χ4n) is 2.03. The van der Waals surface area contributed by atoms with Gasteiger partial charge in [-0.3, -0.25) is 4.79 Å². The molecule has 0 saturated heterocycles. The number of sulfonamides is 1. The fraction of sp³-hybridized carbons (Fsp3) is 0.500. The first-order chi connectivity index (χ1) is 9.20. The Hall–Kier alpha value is -1.40. The zero-order chi connectivity index (χ0) is 15.5. The molecular formula is C14H21NO4S. The number of benzene rings is 1. The molecule has 0 saturated carbocycles. The predicted octanol–water partition coefficient (Wildman–Crippen LogP) is 2.18. The molecule has 0 aliphatic heterocycles. The van der Waals surface area contributed by atoms with Crippen molar-refractivity contribution in [1.82, 2.24) is 4.31 Å². The summed E-state index contributed by atoms with van der Waals surface area (Å²) in [6.07, 6.45) is 0.553. The van der Waals surface area contributed by atoms with Gasteiger partial charge in [0.05, 0.1) is 4.90 Å². The van der Waals surface area contributed by atoms with E-state index in [1.807, 2.05) is 13.8 Å². The van der Waals surface area contributed by atoms with Crippen molar-refractivity contribution in [2.45, 2.75) is 45.1 Å². The van der Waals surface area contributed by atoms with Crippen molar-refractivity contribution in [3.8, 4) is 0 Å². The average Bonchev–Trinajstić information content (AvgIpc) is 2.34. The van der Waals surface area contributed by atoms with E-state index in [4.69, 9.17) is 5.11 Å². The number of aryl methyl sites for hydroxylation is 2. The van der Waals surface area contributed by atoms with Crippen LogP contribution in [0.3, 0.4) is 0 Å². The van der Waals surface area contributed by atoms with Crippen molar-refractivity contribution in [1.29, 1.82) is 0 Å². The molecule has 20 heavy (non-hydrogen) atoms. The van der Waals surface area contributed by atoms with Crippen molar-refractivity contribution in [2.24, 2.45) is 0 Å². The third-order valence-corrected chi connectivity index (χ3v) is 5.41. The van der Waals surface area contributed by atoms with E-state index < -0.39 is 22.5 Å². The fourth-order valence-corrected chi connectivity index (χ4v) is 3.89. The first-order valence-corrected chi connectivity index (χ1v) is 7.95. The molecule has 1 unspecified atom stereocenters. The highest BCUT2D eigenvalue weighted by Crippen LogP contribution is 2.23. The first-order valence-electron chi connectivity index (χ1n) is 6.51. The zero-order valence-corrected chi connectivity index (χ0v) is 13.1. The minimum absolute atomic E-state index is 0.171. The Morgan fingerprint density at radius 2 is 1.95 bits per heavy atom. The van der Waals surface area contributed by atoms with Gasteiger partial charge in [-0.25, -0.2) is 8.42 Å². The zero-order valence-electron chi connectivity index (χ0n) is 12.3. The van der Waals surface area contributed by atoms with E-state index >= 15 is 0 Å². The van der Waals surface area contributed by atoms with Crippen LogP contribution in [-0.2, 0) is 14.8 Å². The van der Waals surface area contributed by atoms with Crippen LogP contribution in [-0.4, -0.2) is 36.4 Å². The molecule has 1 N–H and O–H groups in total. The van der Waals surface area contributed by atoms with Crippen LogP contribution in [0.25, 0.3) is 0 Å². The molecule has 0 heterocycles. The lowest BCUT2D eigenvalue weighted by Crippen LogP contribution is -2.42. The van der Waals surface area contributed by atoms with E-state index in [0.29, 0.717) is 12.0 Å². The molecule has 0 aliphatic carbocycles. The van der Waals surface area contributed by atoms with Crippen LogP contribution < -0.4 is 0 Å². The molecule has 1 aromatic carbocycles. The van der Waals surface area contributed by atoms with Crippen LogP contribution in [0.15, 0.2) is 23.1 Å². The molecule has 1 aromatic rings. The topological polar surface area (TPSA) is 74.7 Å². The number of carboxylic acid groups (broad SMARTS) is 1. The SMILES string of the molecule is CCC(C)N(CC(=O)O)S(=O)(=O)c1ccc(C)cc1C. The van der Waals surface area contributed by atoms with Gasteiger partial charge >= 0.3 is 5.97 Å². The Bertz CT molecular complexity index is 595. The summed E-state index contributed by atoms with van der Waals surface area (Å²) < 4.78 is 26.4. The van der Waals surface area contributed by atoms with Gasteiger partial charge in [0.25, 0.3) is 0 Å². The summed E-state index contributed by atoms with van der Waals surface area (Å²) in [5.41, 5.74) is 1.60. The lowest BCUT2D eigenvalue weighted by atomic mass is 10.2. The minimum Gasteiger partial charge on any atom is -0.480 e. The maximum atomic E-state index is 12.7. The molecule has 0 bridgehead atoms. The van der Waals surface area contributed by atoms with Gasteiger partial charge in [-0.2, -0.15) is 4.31 Å². The highest BCUT2D eigenvalue weighted by Gasteiger charge is 2.31. The maximum absolute atomic E-state index is 12.7. The van der Waals surface area contributed by atoms with Gasteiger partial charge in [0.2, 0.25) is 10.0 Å². The summed E-state index contributed by atoms with van der Waals surface area (Å²) in [5, 5.41) is 8.95. The van der Waals surface area contributed by atoms with Gasteiger partial charge in [0.1, 0.15) is 6.54 Å². The quantitative estimate of drug-likeness (QED) is 0.873. The molecule has 0 fully saturated rings. The average molecular weight is 299 g/mol. The summed E-state index contributed by atoms with van der Waals surface area (Å²) in [6.45, 7) is 6.62. The third kappa shape index (κ3) is 3.58. The van der Waals surface area contributed by atoms with Gasteiger partial charge in [0, 0.05) is 6.04 Å². The highest BCUT2D eigenvalue weighted by molar-refractivity contribution is 7.89. The summed E-state index contributed by atoms with van der Waals surface area (Å²) in [7, 11) is -3.80. The van der Waals surface area contributed by atoms with E-state index in [1.54, 1.807) is 26.0 Å². The Morgan fingerprint density at radius 1 is 1.35 bits per heavy atom. The molecule has 0 amide bonds. The monoisotopic (exact) mass is 299 g/mol. The van der Waals surface area contributed by atoms with Gasteiger partial charge in [-0.05, 0) is 38.8 Å². The standard InChI is InChI=1S/C14H21NO4S/c1-5-12(4)15(9-14(16)17)20(18,19)13-7-6-10(2)8-11(13)3/h6-8,12H,5,9H2,1-4H3,(H,16,17). The molecule has 1 rings (SSSR count). The van der Waals surface area contributed by atoms with E-state index in [0.717, 1.165) is 9.87 Å². The van der Waals surface area contributed by atoms with E-state index in [2.05, 4.69) is 0 Å². The third-order valence-electron chi connectivity index (χ3n) is 3.29. The summed E-state index contributed by atoms with van der Waals surface area (Å²) in [6, 6.07) is 4.67. The van der Waals surface area contributed by atoms with Crippen molar-refractivity contribution in [3.05, 3.63) is 29.3 Å². The van der Waals surface area contributed by atoms with E-state index in [9.17, 15) is 13.2 Å². The smallest absolute Gasteiger partial charge is 0.318 e. The van der Waals surface area contributed by atoms with Crippen molar-refractivity contribution in [2.75, 3.05) is 6.54 Å². The molecule has 5 nitrogen and oxygen atoms in total. The molecule has 0 spiro atoms. The van der Waals surface area contributed by atoms with E-state index in [1.165, 1.54) is 6.07 Å². The van der Waals surface area contributed by atoms with Gasteiger partial charge in [-0.15, -0.1) is 0 Å². The Labute approximate surface area is 120 Å². The largest absolute Gasteiger partial charge is 0.480 e. The number of carboxylic acids is 1. The van der Waals surface area contributed by atoms with Crippen molar-refractivity contribution in [3.63, 3.8) is 0 Å². The number of rotatable bonds is 6. The lowest BCUT2D eigenvalue weighted by Gasteiger charge is -2.26. The van der Waals surface area contributed by atoms with Crippen LogP contribution >= 0.6 is 0 Å². The second-order valence-electron chi connectivity index (χ2n) is 4.97. The Balaban J connectivity index is 3.32. The lowest BCUT2D eigenvalue weighted by molar-refractivity contribution is -0.137. The van der Waals surface area contributed by atoms with Crippen LogP contribution in [0, 0.1) is 13.8 Å². The molecule has 1 atom stereocenters. The second kappa shape index (κ2) is 6.37. The first kappa shape index (κ1) is 16.7. The number of hydrogen-bond donors (Lipinski definition) is 1. The summed E-state index contributed by atoms with van der Waals surface area (Å²) in [5.74, 6) is -1.15. The summed E-state index contributed by atoms with van der Waals surface area (Å²) >= 11 is 0. The van der Waals surface area contributed by atoms with Crippen molar-refractivity contribution >= 4 is 16.0 Å². The van der Waals surface area contributed by atoms with Crippen molar-refractivity contribution < 1.29 is 18.3 Å². The minimum atomic E-state index is -3.80. The van der Waals surface area contributed by atoms with Crippen LogP contribution in [0.4, 0.5) is 0 Å². The molecule has 0 radical (unpaired) electrons. The molecule has 112 valence electrons. The van der Waals surface area contributed by atoms with Gasteiger partial charge in [0.15, 0.2) is 0 Å². The highest BCUT2D eigenvalue weighted by atomic mass is 32.2. The van der Waals surface area contributed by atoms with E-state index in [-0.39, 0.29) is 10.9 Å². The van der Waals surface area contributed by atoms with Crippen LogP contribution in [0.5, 0.6) is 0 Å². The number of hydrogen-bond acceptors (Lipinski definition) is 3. The second-order valence-corrected chi connectivity index (χ2v) is 6.83. The molecular weight excluding hydrogens is 278 g/mol. The molecule has 6 heteroatoms. The number of aliphatic carboxylic acids is 1. The van der Waals surface area contributed by atoms with Gasteiger partial charge in [-0.1, -0.05) is 24.6 Å². The number of nitrogens with zero attached hydrogens (tertiary/aromatic N) is 1.